The van der Waals surface area contributed by atoms with Crippen molar-refractivity contribution >= 4 is 17.7 Å². The van der Waals surface area contributed by atoms with E-state index >= 15 is 0 Å². The van der Waals surface area contributed by atoms with E-state index in [1.807, 2.05) is 6.07 Å². The highest BCUT2D eigenvalue weighted by Crippen LogP contribution is 2.77. The van der Waals surface area contributed by atoms with Crippen LogP contribution < -0.4 is 5.32 Å². The number of nitrogens with one attached hydrogen (secondary N) is 1. The van der Waals surface area contributed by atoms with Crippen LogP contribution in [0, 0.1) is 56.2 Å². The van der Waals surface area contributed by atoms with E-state index in [9.17, 15) is 24.6 Å². The molecule has 4 saturated carbocycles. The summed E-state index contributed by atoms with van der Waals surface area (Å²) in [5.41, 5.74) is 1.63. The summed E-state index contributed by atoms with van der Waals surface area (Å²) in [6.45, 7) is 21.0. The zero-order valence-corrected chi connectivity index (χ0v) is 35.9. The number of ketones is 1. The molecule has 3 N–H and O–H groups in total. The minimum atomic E-state index is -1.17. The number of aliphatic carboxylic acids is 1. The fourth-order valence-electron chi connectivity index (χ4n) is 13.7. The van der Waals surface area contributed by atoms with Gasteiger partial charge in [0.05, 0.1) is 17.9 Å². The topological polar surface area (TPSA) is 116 Å². The Hall–Kier alpha value is -2.55. The zero-order valence-electron chi connectivity index (χ0n) is 35.9. The van der Waals surface area contributed by atoms with Gasteiger partial charge in [0, 0.05) is 36.4 Å². The molecule has 0 spiro atoms. The molecule has 8 heteroatoms. The van der Waals surface area contributed by atoms with E-state index < -0.39 is 28.9 Å². The Bertz CT molecular complexity index is 1670. The first kappa shape index (κ1) is 42.1. The lowest BCUT2D eigenvalue weighted by Gasteiger charge is -2.72. The van der Waals surface area contributed by atoms with Crippen LogP contribution in [0.5, 0.6) is 0 Å². The lowest BCUT2D eigenvalue weighted by Crippen LogP contribution is -2.66. The van der Waals surface area contributed by atoms with Crippen LogP contribution in [0.1, 0.15) is 138 Å². The highest BCUT2D eigenvalue weighted by atomic mass is 16.5. The van der Waals surface area contributed by atoms with Crippen LogP contribution in [0.3, 0.4) is 0 Å². The summed E-state index contributed by atoms with van der Waals surface area (Å²) in [5, 5.41) is 25.8. The number of carbonyl (C=O) groups is 3. The standard InChI is InChI=1S/C47H72N2O6/c1-29(2)39-33(50)25-47(36(51)27-48-32(28-49(10)11)30-15-13-12-14-16-30)24-23-45(8)31(40(39)47)17-18-35-44(7)21-20-37(55-38(52)26-42(3,4)41(53)54)43(5,6)34(44)19-22-46(35,45)9/h12-16,29,31-32,34-37,48,51H,17-28H2,1-11H3,(H,53,54)/t31-,32?,34+,35?,36+,37+,44+,45-,46-,47?/m1/s1. The zero-order chi connectivity index (χ0) is 40.5. The summed E-state index contributed by atoms with van der Waals surface area (Å²) < 4.78 is 6.19. The first-order valence-electron chi connectivity index (χ1n) is 21.4. The molecular weight excluding hydrogens is 689 g/mol. The smallest absolute Gasteiger partial charge is 0.309 e. The van der Waals surface area contributed by atoms with Crippen molar-refractivity contribution < 1.29 is 29.3 Å². The summed E-state index contributed by atoms with van der Waals surface area (Å²) in [6.07, 6.45) is 7.18. The van der Waals surface area contributed by atoms with Gasteiger partial charge < -0.3 is 25.2 Å². The fourth-order valence-corrected chi connectivity index (χ4v) is 13.7. The van der Waals surface area contributed by atoms with Crippen LogP contribution in [0.2, 0.25) is 0 Å². The summed E-state index contributed by atoms with van der Waals surface area (Å²) in [7, 11) is 4.16. The molecule has 0 bridgehead atoms. The van der Waals surface area contributed by atoms with Gasteiger partial charge in [-0.25, -0.2) is 0 Å². The van der Waals surface area contributed by atoms with Gasteiger partial charge in [-0.1, -0.05) is 84.4 Å². The van der Waals surface area contributed by atoms with Gasteiger partial charge in [0.2, 0.25) is 0 Å². The molecule has 5 aliphatic rings. The molecular formula is C47H72N2O6. The van der Waals surface area contributed by atoms with Gasteiger partial charge in [0.1, 0.15) is 6.10 Å². The number of hydrogen-bond donors (Lipinski definition) is 3. The number of fused-ring (bicyclic) bond motifs is 7. The van der Waals surface area contributed by atoms with Gasteiger partial charge in [-0.05, 0) is 130 Å². The molecule has 0 heterocycles. The molecule has 0 amide bonds. The van der Waals surface area contributed by atoms with Crippen molar-refractivity contribution in [1.29, 1.82) is 0 Å². The summed E-state index contributed by atoms with van der Waals surface area (Å²) in [5.74, 6) is 0.0404. The average molecular weight is 761 g/mol. The molecule has 0 radical (unpaired) electrons. The van der Waals surface area contributed by atoms with Crippen molar-refractivity contribution in [2.24, 2.45) is 56.2 Å². The number of hydrogen-bond acceptors (Lipinski definition) is 7. The van der Waals surface area contributed by atoms with Crippen LogP contribution in [0.4, 0.5) is 0 Å². The van der Waals surface area contributed by atoms with Gasteiger partial charge in [0.25, 0.3) is 0 Å². The summed E-state index contributed by atoms with van der Waals surface area (Å²) in [4.78, 5) is 41.3. The van der Waals surface area contributed by atoms with Gasteiger partial charge in [-0.15, -0.1) is 0 Å². The van der Waals surface area contributed by atoms with E-state index in [1.165, 1.54) is 11.1 Å². The number of aliphatic hydroxyl groups excluding tert-OH is 1. The Kier molecular flexibility index (Phi) is 11.2. The normalized spacial score (nSPS) is 36.8. The summed E-state index contributed by atoms with van der Waals surface area (Å²) in [6, 6.07) is 10.5. The Morgan fingerprint density at radius 1 is 0.927 bits per heavy atom. The molecule has 3 unspecified atom stereocenters. The molecule has 5 aliphatic carbocycles. The van der Waals surface area contributed by atoms with E-state index in [2.05, 4.69) is 97.0 Å². The highest BCUT2D eigenvalue weighted by Gasteiger charge is 2.70. The molecule has 1 aromatic carbocycles. The molecule has 6 rings (SSSR count). The Morgan fingerprint density at radius 2 is 1.60 bits per heavy atom. The van der Waals surface area contributed by atoms with Crippen molar-refractivity contribution in [2.45, 2.75) is 145 Å². The number of nitrogens with zero attached hydrogens (tertiary/aromatic N) is 1. The number of benzene rings is 1. The van der Waals surface area contributed by atoms with Crippen LogP contribution in [0.25, 0.3) is 0 Å². The molecule has 55 heavy (non-hydrogen) atoms. The number of allylic oxidation sites excluding steroid dienone is 1. The number of carboxylic acids is 1. The molecule has 0 saturated heterocycles. The number of esters is 1. The van der Waals surface area contributed by atoms with Crippen molar-refractivity contribution in [3.05, 3.63) is 47.0 Å². The molecule has 1 aromatic rings. The lowest BCUT2D eigenvalue weighted by molar-refractivity contribution is -0.235. The second-order valence-corrected chi connectivity index (χ2v) is 21.2. The fraction of sp³-hybridized carbons (Fsp3) is 0.766. The molecule has 0 aromatic heterocycles. The van der Waals surface area contributed by atoms with Crippen LogP contribution in [0.15, 0.2) is 41.5 Å². The minimum Gasteiger partial charge on any atom is -0.481 e. The monoisotopic (exact) mass is 761 g/mol. The molecule has 4 fully saturated rings. The van der Waals surface area contributed by atoms with Gasteiger partial charge >= 0.3 is 11.9 Å². The van der Waals surface area contributed by atoms with E-state index in [0.717, 1.165) is 63.5 Å². The number of ether oxygens (including phenoxy) is 1. The molecule has 306 valence electrons. The number of rotatable bonds is 12. The van der Waals surface area contributed by atoms with Crippen molar-refractivity contribution in [3.63, 3.8) is 0 Å². The maximum absolute atomic E-state index is 14.2. The third-order valence-electron chi connectivity index (χ3n) is 16.8. The highest BCUT2D eigenvalue weighted by molar-refractivity contribution is 6.00. The van der Waals surface area contributed by atoms with E-state index in [0.29, 0.717) is 24.8 Å². The first-order chi connectivity index (χ1) is 25.5. The predicted octanol–water partition coefficient (Wildman–Crippen LogP) is 8.63. The number of Topliss-reactive ketones (excluding diaryl/α,β-unsaturated/α-hetero) is 1. The van der Waals surface area contributed by atoms with E-state index in [4.69, 9.17) is 4.74 Å². The maximum atomic E-state index is 14.2. The Labute approximate surface area is 331 Å². The number of carboxylic acid groups (broad SMARTS) is 1. The maximum Gasteiger partial charge on any atom is 0.309 e. The number of carbonyl (C=O) groups excluding carboxylic acids is 2. The molecule has 10 atom stereocenters. The van der Waals surface area contributed by atoms with Crippen LogP contribution in [-0.4, -0.2) is 72.2 Å². The second kappa shape index (κ2) is 14.7. The third kappa shape index (κ3) is 6.86. The minimum absolute atomic E-state index is 0.0198. The van der Waals surface area contributed by atoms with Crippen molar-refractivity contribution in [2.75, 3.05) is 27.2 Å². The van der Waals surface area contributed by atoms with Crippen LogP contribution in [-0.2, 0) is 19.1 Å². The molecule has 8 nitrogen and oxygen atoms in total. The van der Waals surface area contributed by atoms with Gasteiger partial charge in [-0.2, -0.15) is 0 Å². The SMILES string of the molecule is CC(C)C1=C2[C@H]3CCC4[C@@]5(C)CC[C@H](OC(=O)CC(C)(C)C(=O)O)C(C)(C)[C@@H]5CC[C@@]4(C)[C@]3(C)CCC2([C@@H](O)CNC(CN(C)C)c2ccccc2)CC1=O. The van der Waals surface area contributed by atoms with Gasteiger partial charge in [0.15, 0.2) is 5.78 Å². The number of aliphatic hydroxyl groups is 1. The van der Waals surface area contributed by atoms with E-state index in [-0.39, 0.29) is 57.8 Å². The largest absolute Gasteiger partial charge is 0.481 e. The predicted molar refractivity (Wildman–Crippen MR) is 217 cm³/mol. The molecule has 0 aliphatic heterocycles. The first-order valence-corrected chi connectivity index (χ1v) is 21.4. The quantitative estimate of drug-likeness (QED) is 0.182. The number of likely N-dealkylation sites (N-methyl/N-ethyl adjacent to an activating group) is 1. The Morgan fingerprint density at radius 3 is 2.22 bits per heavy atom. The average Bonchev–Trinajstić information content (AvgIpc) is 3.41. The lowest BCUT2D eigenvalue weighted by atomic mass is 9.33. The van der Waals surface area contributed by atoms with E-state index in [1.54, 1.807) is 13.8 Å². The van der Waals surface area contributed by atoms with Crippen LogP contribution >= 0.6 is 0 Å². The van der Waals surface area contributed by atoms with Crippen molar-refractivity contribution in [1.82, 2.24) is 10.2 Å². The van der Waals surface area contributed by atoms with Crippen molar-refractivity contribution in [3.8, 4) is 0 Å². The second-order valence-electron chi connectivity index (χ2n) is 21.2. The Balaban J connectivity index is 1.27. The van der Waals surface area contributed by atoms with Gasteiger partial charge in [-0.3, -0.25) is 14.4 Å². The third-order valence-corrected chi connectivity index (χ3v) is 16.8. The summed E-state index contributed by atoms with van der Waals surface area (Å²) >= 11 is 0.